The van der Waals surface area contributed by atoms with Gasteiger partial charge in [-0.25, -0.2) is 4.98 Å². The van der Waals surface area contributed by atoms with E-state index in [4.69, 9.17) is 0 Å². The van der Waals surface area contributed by atoms with Crippen LogP contribution in [0.1, 0.15) is 23.3 Å². The fourth-order valence-electron chi connectivity index (χ4n) is 2.31. The van der Waals surface area contributed by atoms with Crippen LogP contribution in [0.5, 0.6) is 0 Å². The maximum absolute atomic E-state index is 12.5. The quantitative estimate of drug-likeness (QED) is 0.626. The second-order valence-corrected chi connectivity index (χ2v) is 5.30. The molecule has 21 heavy (non-hydrogen) atoms. The third-order valence-electron chi connectivity index (χ3n) is 3.62. The van der Waals surface area contributed by atoms with Gasteiger partial charge < -0.3 is 20.5 Å². The van der Waals surface area contributed by atoms with Gasteiger partial charge in [-0.05, 0) is 12.8 Å². The van der Waals surface area contributed by atoms with E-state index in [0.717, 1.165) is 19.0 Å². The molecule has 8 nitrogen and oxygen atoms in total. The molecule has 8 heteroatoms. The van der Waals surface area contributed by atoms with E-state index in [-0.39, 0.29) is 29.1 Å². The van der Waals surface area contributed by atoms with E-state index in [1.165, 1.54) is 11.1 Å². The molecular weight excluding hydrogens is 274 g/mol. The van der Waals surface area contributed by atoms with Gasteiger partial charge >= 0.3 is 0 Å². The van der Waals surface area contributed by atoms with Crippen LogP contribution < -0.4 is 16.2 Å². The van der Waals surface area contributed by atoms with Gasteiger partial charge in [-0.3, -0.25) is 14.4 Å². The number of nitrogens with zero attached hydrogens (tertiary/aromatic N) is 2. The van der Waals surface area contributed by atoms with Gasteiger partial charge in [0.2, 0.25) is 5.91 Å². The van der Waals surface area contributed by atoms with Crippen LogP contribution in [0.15, 0.2) is 17.2 Å². The Morgan fingerprint density at radius 2 is 2.19 bits per heavy atom. The number of hydrogen-bond donors (Lipinski definition) is 3. The van der Waals surface area contributed by atoms with Crippen molar-refractivity contribution in [2.45, 2.75) is 24.9 Å². The molecule has 0 spiro atoms. The summed E-state index contributed by atoms with van der Waals surface area (Å²) < 4.78 is 0. The third-order valence-corrected chi connectivity index (χ3v) is 3.62. The second kappa shape index (κ2) is 5.65. The Bertz CT molecular complexity index is 590. The summed E-state index contributed by atoms with van der Waals surface area (Å²) in [6.07, 6.45) is 4.35. The first kappa shape index (κ1) is 13.7. The molecule has 2 amide bonds. The molecule has 0 bridgehead atoms. The number of H-pyrrole nitrogens is 1. The molecule has 1 aliphatic carbocycles. The first-order valence-corrected chi connectivity index (χ1v) is 7.02. The Morgan fingerprint density at radius 1 is 1.38 bits per heavy atom. The largest absolute Gasteiger partial charge is 0.352 e. The minimum atomic E-state index is -0.541. The zero-order chi connectivity index (χ0) is 14.8. The van der Waals surface area contributed by atoms with E-state index in [9.17, 15) is 14.4 Å². The van der Waals surface area contributed by atoms with Crippen molar-refractivity contribution in [2.75, 3.05) is 19.6 Å². The molecule has 1 aromatic rings. The Labute approximate surface area is 120 Å². The van der Waals surface area contributed by atoms with E-state index >= 15 is 0 Å². The van der Waals surface area contributed by atoms with Crippen LogP contribution in [0.3, 0.4) is 0 Å². The van der Waals surface area contributed by atoms with E-state index < -0.39 is 6.04 Å². The van der Waals surface area contributed by atoms with Gasteiger partial charge in [0.15, 0.2) is 0 Å². The van der Waals surface area contributed by atoms with Crippen LogP contribution in [-0.4, -0.2) is 58.4 Å². The summed E-state index contributed by atoms with van der Waals surface area (Å²) in [6, 6.07) is -0.289. The molecule has 0 aromatic carbocycles. The molecule has 2 fully saturated rings. The molecule has 2 heterocycles. The summed E-state index contributed by atoms with van der Waals surface area (Å²) in [5.41, 5.74) is -0.226. The number of piperazine rings is 1. The minimum absolute atomic E-state index is 0.137. The highest BCUT2D eigenvalue weighted by Gasteiger charge is 2.35. The summed E-state index contributed by atoms with van der Waals surface area (Å²) >= 11 is 0. The molecule has 1 aliphatic heterocycles. The van der Waals surface area contributed by atoms with Crippen molar-refractivity contribution in [3.63, 3.8) is 0 Å². The molecule has 3 rings (SSSR count). The lowest BCUT2D eigenvalue weighted by Crippen LogP contribution is -2.60. The minimum Gasteiger partial charge on any atom is -0.352 e. The van der Waals surface area contributed by atoms with Crippen molar-refractivity contribution in [3.05, 3.63) is 28.4 Å². The van der Waals surface area contributed by atoms with Crippen molar-refractivity contribution < 1.29 is 9.59 Å². The predicted molar refractivity (Wildman–Crippen MR) is 73.7 cm³/mol. The van der Waals surface area contributed by atoms with Crippen LogP contribution in [0.25, 0.3) is 0 Å². The summed E-state index contributed by atoms with van der Waals surface area (Å²) in [4.78, 5) is 43.5. The SMILES string of the molecule is O=C(NC1CC1)[C@@H]1CNCCN1C(=O)c1c[nH]c(=O)cn1. The summed E-state index contributed by atoms with van der Waals surface area (Å²) in [5, 5.41) is 6.04. The van der Waals surface area contributed by atoms with Gasteiger partial charge in [-0.2, -0.15) is 0 Å². The molecule has 0 radical (unpaired) electrons. The van der Waals surface area contributed by atoms with Crippen LogP contribution in [0.2, 0.25) is 0 Å². The lowest BCUT2D eigenvalue weighted by atomic mass is 10.1. The van der Waals surface area contributed by atoms with Crippen molar-refractivity contribution in [1.82, 2.24) is 25.5 Å². The van der Waals surface area contributed by atoms with Gasteiger partial charge in [0, 0.05) is 31.9 Å². The maximum atomic E-state index is 12.5. The van der Waals surface area contributed by atoms with Gasteiger partial charge in [-0.15, -0.1) is 0 Å². The molecule has 2 aliphatic rings. The van der Waals surface area contributed by atoms with Crippen LogP contribution in [0.4, 0.5) is 0 Å². The molecule has 1 saturated heterocycles. The van der Waals surface area contributed by atoms with Crippen molar-refractivity contribution in [1.29, 1.82) is 0 Å². The maximum Gasteiger partial charge on any atom is 0.274 e. The van der Waals surface area contributed by atoms with Crippen molar-refractivity contribution in [3.8, 4) is 0 Å². The van der Waals surface area contributed by atoms with Gasteiger partial charge in [0.25, 0.3) is 11.5 Å². The Balaban J connectivity index is 1.76. The van der Waals surface area contributed by atoms with E-state index in [2.05, 4.69) is 20.6 Å². The summed E-state index contributed by atoms with van der Waals surface area (Å²) in [6.45, 7) is 1.48. The second-order valence-electron chi connectivity index (χ2n) is 5.30. The molecule has 1 aromatic heterocycles. The Morgan fingerprint density at radius 3 is 2.86 bits per heavy atom. The highest BCUT2D eigenvalue weighted by Crippen LogP contribution is 2.19. The first-order chi connectivity index (χ1) is 10.1. The van der Waals surface area contributed by atoms with E-state index in [0.29, 0.717) is 19.6 Å². The van der Waals surface area contributed by atoms with E-state index in [1.807, 2.05) is 0 Å². The fraction of sp³-hybridized carbons (Fsp3) is 0.538. The molecule has 0 unspecified atom stereocenters. The van der Waals surface area contributed by atoms with Gasteiger partial charge in [-0.1, -0.05) is 0 Å². The number of carbonyl (C=O) groups excluding carboxylic acids is 2. The number of aromatic amines is 1. The fourth-order valence-corrected chi connectivity index (χ4v) is 2.31. The highest BCUT2D eigenvalue weighted by atomic mass is 16.2. The lowest BCUT2D eigenvalue weighted by Gasteiger charge is -2.34. The Hall–Kier alpha value is -2.22. The predicted octanol–water partition coefficient (Wildman–Crippen LogP) is -1.54. The van der Waals surface area contributed by atoms with Crippen LogP contribution in [0, 0.1) is 0 Å². The number of aromatic nitrogens is 2. The number of amides is 2. The smallest absolute Gasteiger partial charge is 0.274 e. The van der Waals surface area contributed by atoms with Gasteiger partial charge in [0.1, 0.15) is 11.7 Å². The third kappa shape index (κ3) is 3.10. The highest BCUT2D eigenvalue weighted by molar-refractivity contribution is 5.96. The number of hydrogen-bond acceptors (Lipinski definition) is 5. The van der Waals surface area contributed by atoms with Crippen LogP contribution >= 0.6 is 0 Å². The number of carbonyl (C=O) groups is 2. The Kier molecular flexibility index (Phi) is 3.70. The topological polar surface area (TPSA) is 107 Å². The molecule has 1 atom stereocenters. The normalized spacial score (nSPS) is 21.9. The van der Waals surface area contributed by atoms with Crippen molar-refractivity contribution >= 4 is 11.8 Å². The zero-order valence-corrected chi connectivity index (χ0v) is 11.5. The average Bonchev–Trinajstić information content (AvgIpc) is 3.31. The molecule has 112 valence electrons. The van der Waals surface area contributed by atoms with E-state index in [1.54, 1.807) is 0 Å². The number of rotatable bonds is 3. The monoisotopic (exact) mass is 291 g/mol. The molecule has 1 saturated carbocycles. The zero-order valence-electron chi connectivity index (χ0n) is 11.5. The number of nitrogens with one attached hydrogen (secondary N) is 3. The van der Waals surface area contributed by atoms with Gasteiger partial charge in [0.05, 0.1) is 6.20 Å². The van der Waals surface area contributed by atoms with Crippen molar-refractivity contribution in [2.24, 2.45) is 0 Å². The lowest BCUT2D eigenvalue weighted by molar-refractivity contribution is -0.126. The molecular formula is C13H17N5O3. The molecule has 3 N–H and O–H groups in total. The summed E-state index contributed by atoms with van der Waals surface area (Å²) in [7, 11) is 0. The average molecular weight is 291 g/mol. The van der Waals surface area contributed by atoms with Crippen LogP contribution in [-0.2, 0) is 4.79 Å². The summed E-state index contributed by atoms with van der Waals surface area (Å²) in [5.74, 6) is -0.480. The first-order valence-electron chi connectivity index (χ1n) is 7.02. The standard InChI is InChI=1S/C13H17N5O3/c19-11-7-15-9(5-16-11)13(21)18-4-3-14-6-10(18)12(20)17-8-1-2-8/h5,7-8,10,14H,1-4,6H2,(H,16,19)(H,17,20)/t10-/m0/s1.